The van der Waals surface area contributed by atoms with E-state index in [0.717, 1.165) is 47.4 Å². The van der Waals surface area contributed by atoms with E-state index in [2.05, 4.69) is 16.0 Å². The Morgan fingerprint density at radius 3 is 2.32 bits per heavy atom. The van der Waals surface area contributed by atoms with Crippen molar-refractivity contribution in [3.05, 3.63) is 105 Å². The number of morpholine rings is 1. The van der Waals surface area contributed by atoms with E-state index in [-0.39, 0.29) is 85.2 Å². The summed E-state index contributed by atoms with van der Waals surface area (Å²) >= 11 is 0.956. The van der Waals surface area contributed by atoms with Gasteiger partial charge >= 0.3 is 18.9 Å². The number of aromatic nitrogens is 2. The maximum absolute atomic E-state index is 15.0. The van der Waals surface area contributed by atoms with Gasteiger partial charge in [-0.3, -0.25) is 47.8 Å². The summed E-state index contributed by atoms with van der Waals surface area (Å²) in [5.41, 5.74) is -3.43. The number of rotatable bonds is 13. The highest BCUT2D eigenvalue weighted by atomic mass is 32.1. The molecular weight excluding hydrogens is 1010 g/mol. The maximum atomic E-state index is 15.0. The molecule has 1 unspecified atom stereocenters. The fraction of sp³-hybridized carbons (Fsp3) is 0.481. The second-order valence-electron chi connectivity index (χ2n) is 21.1. The first kappa shape index (κ1) is 53.7. The predicted octanol–water partition coefficient (Wildman–Crippen LogP) is 4.54. The third-order valence-electron chi connectivity index (χ3n) is 15.0. The molecule has 2 aromatic heterocycles. The zero-order valence-corrected chi connectivity index (χ0v) is 43.7. The van der Waals surface area contributed by atoms with Gasteiger partial charge < -0.3 is 39.9 Å². The van der Waals surface area contributed by atoms with E-state index in [1.54, 1.807) is 37.6 Å². The molecule has 4 aliphatic rings. The number of benzene rings is 3. The Morgan fingerprint density at radius 1 is 0.893 bits per heavy atom. The molecule has 0 bridgehead atoms. The SMILES string of the molecule is Cn1c(=O)n(C2CCC(=O)NC2=O)c2ccc(CC3CCN(C(=O)CN[C@@H]4CCN(C(=O)[C@@H](NC(=O)c5cc6cc(C(F)(F)P(=O)(O)O)ccc6s5)C(C)(C)C)[C@@H]4C(=O)N4CCO[C@H](c5ccccc5)C4)CC3)cc21. The lowest BCUT2D eigenvalue weighted by Gasteiger charge is -2.40. The lowest BCUT2D eigenvalue weighted by Crippen LogP contribution is -2.61. The minimum absolute atomic E-state index is 0.0638. The normalized spacial score (nSPS) is 21.7. The summed E-state index contributed by atoms with van der Waals surface area (Å²) in [4.78, 5) is 119. The number of nitrogens with one attached hydrogen (secondary N) is 3. The Balaban J connectivity index is 0.878. The van der Waals surface area contributed by atoms with Crippen molar-refractivity contribution in [2.24, 2.45) is 18.4 Å². The van der Waals surface area contributed by atoms with E-state index in [1.807, 2.05) is 48.5 Å². The van der Waals surface area contributed by atoms with Gasteiger partial charge in [-0.25, -0.2) is 4.79 Å². The summed E-state index contributed by atoms with van der Waals surface area (Å²) < 4.78 is 50.3. The molecular formula is C52H61F2N8O11PS. The second kappa shape index (κ2) is 21.1. The number of carbonyl (C=O) groups excluding carboxylic acids is 6. The van der Waals surface area contributed by atoms with Gasteiger partial charge in [-0.2, -0.15) is 8.78 Å². The Hall–Kier alpha value is -6.16. The van der Waals surface area contributed by atoms with Crippen molar-refractivity contribution in [2.75, 3.05) is 45.9 Å². The molecule has 5 atom stereocenters. The Morgan fingerprint density at radius 2 is 1.63 bits per heavy atom. The standard InChI is InChI=1S/C52H61F2N8O11PS/c1-51(2,3)45(57-47(66)41-27-33-26-34(11-14-40(33)75-41)52(53,54)74(70,71)72)49(68)61-21-18-35(44(61)48(67)60-22-23-73-39(29-60)32-8-6-5-7-9-32)55-28-43(64)59-19-16-30(17-20-59)24-31-10-12-36-38(25-31)58(4)50(69)62(36)37-13-15-42(63)56-46(37)65/h5-12,14,25-27,30,35,37,39,44-45,55H,13,15-24,28-29H2,1-4H3,(H,57,66)(H,56,63,65)(H2,70,71,72)/t35-,37?,39+,44+,45-/m1/s1. The van der Waals surface area contributed by atoms with Crippen molar-refractivity contribution in [1.82, 2.24) is 39.8 Å². The van der Waals surface area contributed by atoms with Crippen LogP contribution in [0.15, 0.2) is 77.6 Å². The summed E-state index contributed by atoms with van der Waals surface area (Å²) in [6, 6.07) is 16.0. The molecule has 400 valence electrons. The first-order valence-electron chi connectivity index (χ1n) is 25.1. The van der Waals surface area contributed by atoms with E-state index in [0.29, 0.717) is 41.7 Å². The summed E-state index contributed by atoms with van der Waals surface area (Å²) in [7, 11) is -4.19. The molecule has 0 aliphatic carbocycles. The van der Waals surface area contributed by atoms with E-state index >= 15 is 0 Å². The molecule has 19 nitrogen and oxygen atoms in total. The molecule has 9 rings (SSSR count). The number of hydrogen-bond acceptors (Lipinski definition) is 11. The number of aryl methyl sites for hydroxylation is 1. The van der Waals surface area contributed by atoms with Crippen LogP contribution in [-0.2, 0) is 52.4 Å². The van der Waals surface area contributed by atoms with Crippen molar-refractivity contribution >= 4 is 75.5 Å². The van der Waals surface area contributed by atoms with Gasteiger partial charge in [0.2, 0.25) is 29.5 Å². The number of likely N-dealkylation sites (tertiary alicyclic amines) is 2. The van der Waals surface area contributed by atoms with E-state index in [4.69, 9.17) is 4.74 Å². The largest absolute Gasteiger partial charge is 0.399 e. The lowest BCUT2D eigenvalue weighted by atomic mass is 9.85. The van der Waals surface area contributed by atoms with Crippen LogP contribution >= 0.6 is 18.9 Å². The minimum atomic E-state index is -5.85. The van der Waals surface area contributed by atoms with E-state index in [9.17, 15) is 56.7 Å². The Bertz CT molecular complexity index is 3160. The number of amides is 6. The van der Waals surface area contributed by atoms with Gasteiger partial charge in [-0.15, -0.1) is 11.3 Å². The lowest BCUT2D eigenvalue weighted by molar-refractivity contribution is -0.151. The molecule has 23 heteroatoms. The topological polar surface area (TPSA) is 242 Å². The van der Waals surface area contributed by atoms with Crippen LogP contribution in [0.3, 0.4) is 0 Å². The quantitative estimate of drug-likeness (QED) is 0.0807. The number of piperidine rings is 2. The summed E-state index contributed by atoms with van der Waals surface area (Å²) in [6.07, 6.45) is 2.44. The van der Waals surface area contributed by atoms with Crippen LogP contribution in [0, 0.1) is 11.3 Å². The van der Waals surface area contributed by atoms with Gasteiger partial charge in [0.1, 0.15) is 24.2 Å². The molecule has 0 saturated carbocycles. The number of imide groups is 1. The molecule has 75 heavy (non-hydrogen) atoms. The highest BCUT2D eigenvalue weighted by Gasteiger charge is 2.51. The minimum Gasteiger partial charge on any atom is -0.370 e. The maximum Gasteiger partial charge on any atom is 0.399 e. The molecule has 5 aromatic rings. The van der Waals surface area contributed by atoms with Gasteiger partial charge in [0, 0.05) is 56.0 Å². The number of fused-ring (bicyclic) bond motifs is 2. The van der Waals surface area contributed by atoms with Crippen LogP contribution in [0.2, 0.25) is 0 Å². The van der Waals surface area contributed by atoms with Gasteiger partial charge in [0.25, 0.3) is 5.91 Å². The summed E-state index contributed by atoms with van der Waals surface area (Å²) in [6.45, 7) is 7.04. The van der Waals surface area contributed by atoms with Crippen molar-refractivity contribution in [3.63, 3.8) is 0 Å². The molecule has 5 N–H and O–H groups in total. The molecule has 4 saturated heterocycles. The van der Waals surface area contributed by atoms with Crippen molar-refractivity contribution in [2.45, 2.75) is 95.2 Å². The zero-order chi connectivity index (χ0) is 53.7. The smallest absolute Gasteiger partial charge is 0.370 e. The van der Waals surface area contributed by atoms with Crippen molar-refractivity contribution in [1.29, 1.82) is 0 Å². The molecule has 6 amide bonds. The number of nitrogens with zero attached hydrogens (tertiary/aromatic N) is 5. The van der Waals surface area contributed by atoms with E-state index in [1.165, 1.54) is 26.2 Å². The highest BCUT2D eigenvalue weighted by Crippen LogP contribution is 2.59. The summed E-state index contributed by atoms with van der Waals surface area (Å²) in [5.74, 6) is -2.33. The van der Waals surface area contributed by atoms with Crippen molar-refractivity contribution in [3.8, 4) is 0 Å². The number of halogens is 2. The first-order valence-corrected chi connectivity index (χ1v) is 27.5. The average Bonchev–Trinajstić information content (AvgIpc) is 4.08. The van der Waals surface area contributed by atoms with Gasteiger partial charge in [0.15, 0.2) is 0 Å². The molecule has 6 heterocycles. The number of hydrogen-bond donors (Lipinski definition) is 5. The molecule has 4 fully saturated rings. The Kier molecular flexibility index (Phi) is 15.1. The second-order valence-corrected chi connectivity index (χ2v) is 23.8. The van der Waals surface area contributed by atoms with Gasteiger partial charge in [0.05, 0.1) is 35.6 Å². The van der Waals surface area contributed by atoms with Crippen LogP contribution in [0.4, 0.5) is 8.78 Å². The molecule has 3 aromatic carbocycles. The van der Waals surface area contributed by atoms with Crippen LogP contribution in [0.1, 0.15) is 91.4 Å². The number of alkyl halides is 2. The van der Waals surface area contributed by atoms with Gasteiger partial charge in [-0.1, -0.05) is 63.2 Å². The third-order valence-corrected chi connectivity index (χ3v) is 17.1. The Labute approximate surface area is 434 Å². The fourth-order valence-corrected chi connectivity index (χ4v) is 12.2. The number of ether oxygens (including phenoxy) is 1. The highest BCUT2D eigenvalue weighted by molar-refractivity contribution is 7.52. The van der Waals surface area contributed by atoms with Crippen LogP contribution in [0.25, 0.3) is 21.1 Å². The molecule has 4 aliphatic heterocycles. The molecule has 0 radical (unpaired) electrons. The van der Waals surface area contributed by atoms with E-state index < -0.39 is 72.2 Å². The summed E-state index contributed by atoms with van der Waals surface area (Å²) in [5, 5.41) is 8.68. The predicted molar refractivity (Wildman–Crippen MR) is 274 cm³/mol. The fourth-order valence-electron chi connectivity index (χ4n) is 10.8. The zero-order valence-electron chi connectivity index (χ0n) is 42.0. The third kappa shape index (κ3) is 11.0. The number of thiophene rings is 1. The monoisotopic (exact) mass is 1070 g/mol. The number of imidazole rings is 1. The average molecular weight is 1080 g/mol. The van der Waals surface area contributed by atoms with Crippen LogP contribution in [0.5, 0.6) is 0 Å². The van der Waals surface area contributed by atoms with Crippen molar-refractivity contribution < 1.29 is 56.6 Å². The molecule has 0 spiro atoms. The first-order chi connectivity index (χ1) is 35.5. The van der Waals surface area contributed by atoms with Gasteiger partial charge in [-0.05, 0) is 90.3 Å². The van der Waals surface area contributed by atoms with Crippen LogP contribution in [-0.4, -0.2) is 133 Å². The van der Waals surface area contributed by atoms with Crippen LogP contribution < -0.4 is 21.6 Å². The number of carbonyl (C=O) groups is 6.